The van der Waals surface area contributed by atoms with Gasteiger partial charge in [0.05, 0.1) is 25.3 Å². The Kier molecular flexibility index (Phi) is 7.30. The molecule has 2 N–H and O–H groups in total. The molecule has 0 radical (unpaired) electrons. The van der Waals surface area contributed by atoms with Crippen LogP contribution in [0.2, 0.25) is 5.02 Å². The first-order valence-corrected chi connectivity index (χ1v) is 8.21. The molecule has 24 heavy (non-hydrogen) atoms. The summed E-state index contributed by atoms with van der Waals surface area (Å²) in [4.78, 5) is 25.9. The molecular weight excluding hydrogens is 334 g/mol. The third-order valence-corrected chi connectivity index (χ3v) is 3.95. The lowest BCUT2D eigenvalue weighted by Crippen LogP contribution is -2.39. The monoisotopic (exact) mass is 355 g/mol. The second-order valence-corrected chi connectivity index (χ2v) is 5.77. The van der Waals surface area contributed by atoms with Crippen molar-refractivity contribution in [3.63, 3.8) is 0 Å². The summed E-state index contributed by atoms with van der Waals surface area (Å²) >= 11 is 5.98. The topological polar surface area (TPSA) is 79.9 Å². The number of carbonyl (C=O) groups excluding carboxylic acids is 2. The van der Waals surface area contributed by atoms with Gasteiger partial charge < -0.3 is 20.1 Å². The Labute approximate surface area is 146 Å². The molecule has 0 bridgehead atoms. The summed E-state index contributed by atoms with van der Waals surface area (Å²) in [5, 5.41) is 5.48. The molecule has 0 spiro atoms. The standard InChI is InChI=1S/C16H22ClN3O4/c1-23-14-4-3-12(11-13(14)17)19-16(22)15(21)18-5-2-6-20-7-9-24-10-8-20/h3-4,11H,2,5-10H2,1H3,(H,18,21)(H,19,22). The van der Waals surface area contributed by atoms with Crippen LogP contribution in [0.5, 0.6) is 5.75 Å². The van der Waals surface area contributed by atoms with Gasteiger partial charge in [0, 0.05) is 25.3 Å². The van der Waals surface area contributed by atoms with E-state index in [0.29, 0.717) is 23.0 Å². The van der Waals surface area contributed by atoms with E-state index in [1.807, 2.05) is 0 Å². The van der Waals surface area contributed by atoms with E-state index in [9.17, 15) is 9.59 Å². The van der Waals surface area contributed by atoms with E-state index in [0.717, 1.165) is 39.3 Å². The molecule has 2 rings (SSSR count). The molecule has 0 aliphatic carbocycles. The number of amides is 2. The van der Waals surface area contributed by atoms with Gasteiger partial charge in [-0.15, -0.1) is 0 Å². The zero-order valence-electron chi connectivity index (χ0n) is 13.6. The number of ether oxygens (including phenoxy) is 2. The third kappa shape index (κ3) is 5.67. The van der Waals surface area contributed by atoms with Crippen molar-refractivity contribution in [1.82, 2.24) is 10.2 Å². The number of anilines is 1. The molecule has 1 aromatic carbocycles. The van der Waals surface area contributed by atoms with Crippen molar-refractivity contribution in [2.75, 3.05) is 51.8 Å². The van der Waals surface area contributed by atoms with E-state index in [4.69, 9.17) is 21.1 Å². The zero-order chi connectivity index (χ0) is 17.4. The van der Waals surface area contributed by atoms with Crippen LogP contribution in [-0.4, -0.2) is 63.2 Å². The van der Waals surface area contributed by atoms with E-state index in [2.05, 4.69) is 15.5 Å². The summed E-state index contributed by atoms with van der Waals surface area (Å²) < 4.78 is 10.3. The second-order valence-electron chi connectivity index (χ2n) is 5.37. The van der Waals surface area contributed by atoms with Gasteiger partial charge in [0.2, 0.25) is 0 Å². The Morgan fingerprint density at radius 2 is 2.04 bits per heavy atom. The highest BCUT2D eigenvalue weighted by Crippen LogP contribution is 2.27. The maximum Gasteiger partial charge on any atom is 0.313 e. The molecule has 0 unspecified atom stereocenters. The smallest absolute Gasteiger partial charge is 0.313 e. The number of morpholine rings is 1. The van der Waals surface area contributed by atoms with Crippen molar-refractivity contribution >= 4 is 29.1 Å². The van der Waals surface area contributed by atoms with Crippen LogP contribution < -0.4 is 15.4 Å². The van der Waals surface area contributed by atoms with Crippen LogP contribution in [0.4, 0.5) is 5.69 Å². The molecule has 1 aliphatic rings. The van der Waals surface area contributed by atoms with Gasteiger partial charge in [-0.3, -0.25) is 14.5 Å². The Bertz CT molecular complexity index is 576. The summed E-state index contributed by atoms with van der Waals surface area (Å²) in [6, 6.07) is 4.77. The number of methoxy groups -OCH3 is 1. The SMILES string of the molecule is COc1ccc(NC(=O)C(=O)NCCCN2CCOCC2)cc1Cl. The molecule has 0 aromatic heterocycles. The highest BCUT2D eigenvalue weighted by atomic mass is 35.5. The van der Waals surface area contributed by atoms with Crippen LogP contribution in [0.3, 0.4) is 0 Å². The van der Waals surface area contributed by atoms with Crippen molar-refractivity contribution < 1.29 is 19.1 Å². The zero-order valence-corrected chi connectivity index (χ0v) is 14.4. The average molecular weight is 356 g/mol. The minimum Gasteiger partial charge on any atom is -0.495 e. The lowest BCUT2D eigenvalue weighted by Gasteiger charge is -2.26. The maximum absolute atomic E-state index is 11.8. The predicted octanol–water partition coefficient (Wildman–Crippen LogP) is 1.13. The minimum atomic E-state index is -0.720. The summed E-state index contributed by atoms with van der Waals surface area (Å²) in [5.41, 5.74) is 0.439. The number of benzene rings is 1. The number of hydrogen-bond donors (Lipinski definition) is 2. The van der Waals surface area contributed by atoms with Crippen molar-refractivity contribution in [2.24, 2.45) is 0 Å². The van der Waals surface area contributed by atoms with Crippen LogP contribution in [0.15, 0.2) is 18.2 Å². The summed E-state index contributed by atoms with van der Waals surface area (Å²) in [6.45, 7) is 4.64. The molecule has 1 aliphatic heterocycles. The van der Waals surface area contributed by atoms with Crippen LogP contribution in [0.1, 0.15) is 6.42 Å². The maximum atomic E-state index is 11.8. The van der Waals surface area contributed by atoms with E-state index >= 15 is 0 Å². The predicted molar refractivity (Wildman–Crippen MR) is 91.5 cm³/mol. The van der Waals surface area contributed by atoms with Gasteiger partial charge in [0.1, 0.15) is 5.75 Å². The highest BCUT2D eigenvalue weighted by Gasteiger charge is 2.14. The lowest BCUT2D eigenvalue weighted by molar-refractivity contribution is -0.136. The largest absolute Gasteiger partial charge is 0.495 e. The summed E-state index contributed by atoms with van der Waals surface area (Å²) in [5.74, 6) is -0.881. The van der Waals surface area contributed by atoms with Crippen molar-refractivity contribution in [3.8, 4) is 5.75 Å². The van der Waals surface area contributed by atoms with E-state index in [1.54, 1.807) is 12.1 Å². The molecule has 1 saturated heterocycles. The first-order chi connectivity index (χ1) is 11.6. The first kappa shape index (κ1) is 18.5. The quantitative estimate of drug-likeness (QED) is 0.590. The fourth-order valence-corrected chi connectivity index (χ4v) is 2.60. The third-order valence-electron chi connectivity index (χ3n) is 3.66. The van der Waals surface area contributed by atoms with Crippen LogP contribution in [0, 0.1) is 0 Å². The Balaban J connectivity index is 1.69. The van der Waals surface area contributed by atoms with Crippen LogP contribution in [-0.2, 0) is 14.3 Å². The number of rotatable bonds is 6. The molecule has 7 nitrogen and oxygen atoms in total. The normalized spacial score (nSPS) is 14.9. The molecule has 1 heterocycles. The fraction of sp³-hybridized carbons (Fsp3) is 0.500. The fourth-order valence-electron chi connectivity index (χ4n) is 2.34. The van der Waals surface area contributed by atoms with Gasteiger partial charge in [-0.2, -0.15) is 0 Å². The van der Waals surface area contributed by atoms with Gasteiger partial charge in [0.25, 0.3) is 0 Å². The van der Waals surface area contributed by atoms with Gasteiger partial charge in [-0.25, -0.2) is 0 Å². The lowest BCUT2D eigenvalue weighted by atomic mass is 10.3. The Hall–Kier alpha value is -1.83. The molecule has 8 heteroatoms. The molecule has 1 aromatic rings. The van der Waals surface area contributed by atoms with Crippen molar-refractivity contribution in [1.29, 1.82) is 0 Å². The first-order valence-electron chi connectivity index (χ1n) is 7.83. The van der Waals surface area contributed by atoms with Gasteiger partial charge >= 0.3 is 11.8 Å². The van der Waals surface area contributed by atoms with E-state index in [1.165, 1.54) is 13.2 Å². The Morgan fingerprint density at radius 3 is 2.71 bits per heavy atom. The molecule has 132 valence electrons. The average Bonchev–Trinajstić information content (AvgIpc) is 2.59. The van der Waals surface area contributed by atoms with Gasteiger partial charge in [-0.05, 0) is 31.2 Å². The van der Waals surface area contributed by atoms with E-state index < -0.39 is 11.8 Å². The molecule has 1 fully saturated rings. The second kappa shape index (κ2) is 9.46. The van der Waals surface area contributed by atoms with E-state index in [-0.39, 0.29) is 0 Å². The molecule has 0 atom stereocenters. The van der Waals surface area contributed by atoms with Crippen LogP contribution in [0.25, 0.3) is 0 Å². The summed E-state index contributed by atoms with van der Waals surface area (Å²) in [6.07, 6.45) is 0.785. The summed E-state index contributed by atoms with van der Waals surface area (Å²) in [7, 11) is 1.50. The van der Waals surface area contributed by atoms with Gasteiger partial charge in [0.15, 0.2) is 0 Å². The van der Waals surface area contributed by atoms with Crippen molar-refractivity contribution in [2.45, 2.75) is 6.42 Å². The molecule has 0 saturated carbocycles. The number of hydrogen-bond acceptors (Lipinski definition) is 5. The Morgan fingerprint density at radius 1 is 1.29 bits per heavy atom. The molecule has 2 amide bonds. The number of halogens is 1. The molecular formula is C16H22ClN3O4. The van der Waals surface area contributed by atoms with Gasteiger partial charge in [-0.1, -0.05) is 11.6 Å². The number of carbonyl (C=O) groups is 2. The van der Waals surface area contributed by atoms with Crippen molar-refractivity contribution in [3.05, 3.63) is 23.2 Å². The number of nitrogens with one attached hydrogen (secondary N) is 2. The van der Waals surface area contributed by atoms with Crippen LogP contribution >= 0.6 is 11.6 Å². The number of nitrogens with zero attached hydrogens (tertiary/aromatic N) is 1. The minimum absolute atomic E-state index is 0.362. The highest BCUT2D eigenvalue weighted by molar-refractivity contribution is 6.40.